The Kier molecular flexibility index (Phi) is 4.18. The van der Waals surface area contributed by atoms with Crippen molar-refractivity contribution in [3.05, 3.63) is 22.9 Å². The summed E-state index contributed by atoms with van der Waals surface area (Å²) in [4.78, 5) is 4.06. The predicted molar refractivity (Wildman–Crippen MR) is 68.6 cm³/mol. The Bertz CT molecular complexity index is 340. The van der Waals surface area contributed by atoms with Crippen LogP contribution in [0.3, 0.4) is 0 Å². The van der Waals surface area contributed by atoms with Crippen molar-refractivity contribution in [1.82, 2.24) is 4.98 Å². The van der Waals surface area contributed by atoms with Gasteiger partial charge in [-0.15, -0.1) is 0 Å². The van der Waals surface area contributed by atoms with Gasteiger partial charge in [0, 0.05) is 31.6 Å². The van der Waals surface area contributed by atoms with E-state index in [0.717, 1.165) is 36.2 Å². The van der Waals surface area contributed by atoms with Gasteiger partial charge >= 0.3 is 0 Å². The molecule has 4 heteroatoms. The molecule has 1 aromatic rings. The quantitative estimate of drug-likeness (QED) is 0.926. The van der Waals surface area contributed by atoms with Gasteiger partial charge in [-0.1, -0.05) is 0 Å². The Morgan fingerprint density at radius 1 is 1.50 bits per heavy atom. The van der Waals surface area contributed by atoms with E-state index in [1.54, 1.807) is 0 Å². The molecule has 0 amide bonds. The van der Waals surface area contributed by atoms with Crippen LogP contribution in [0.15, 0.2) is 22.9 Å². The Hall–Kier alpha value is -0.610. The molecule has 0 spiro atoms. The van der Waals surface area contributed by atoms with Crippen molar-refractivity contribution in [2.24, 2.45) is 5.92 Å². The topological polar surface area (TPSA) is 34.2 Å². The molecule has 0 radical (unpaired) electrons. The van der Waals surface area contributed by atoms with Crippen LogP contribution in [0.25, 0.3) is 0 Å². The second kappa shape index (κ2) is 5.64. The first-order valence-electron chi connectivity index (χ1n) is 5.71. The van der Waals surface area contributed by atoms with E-state index >= 15 is 0 Å². The highest BCUT2D eigenvalue weighted by Crippen LogP contribution is 2.25. The number of ether oxygens (including phenoxy) is 1. The fourth-order valence-electron chi connectivity index (χ4n) is 2.07. The van der Waals surface area contributed by atoms with E-state index in [0.29, 0.717) is 12.0 Å². The van der Waals surface area contributed by atoms with Gasteiger partial charge in [0.25, 0.3) is 0 Å². The molecule has 0 saturated carbocycles. The van der Waals surface area contributed by atoms with E-state index in [1.807, 2.05) is 18.5 Å². The highest BCUT2D eigenvalue weighted by Gasteiger charge is 2.20. The van der Waals surface area contributed by atoms with Crippen molar-refractivity contribution < 1.29 is 4.74 Å². The zero-order valence-electron chi connectivity index (χ0n) is 9.45. The van der Waals surface area contributed by atoms with Gasteiger partial charge in [-0.3, -0.25) is 4.98 Å². The van der Waals surface area contributed by atoms with Crippen molar-refractivity contribution in [3.63, 3.8) is 0 Å². The summed E-state index contributed by atoms with van der Waals surface area (Å²) in [7, 11) is 0. The van der Waals surface area contributed by atoms with Crippen molar-refractivity contribution in [1.29, 1.82) is 0 Å². The van der Waals surface area contributed by atoms with Crippen LogP contribution in [-0.4, -0.2) is 24.2 Å². The Morgan fingerprint density at radius 2 is 2.25 bits per heavy atom. The summed E-state index contributed by atoms with van der Waals surface area (Å²) in [5, 5.41) is 3.54. The summed E-state index contributed by atoms with van der Waals surface area (Å²) >= 11 is 3.50. The summed E-state index contributed by atoms with van der Waals surface area (Å²) in [6, 6.07) is 2.47. The van der Waals surface area contributed by atoms with E-state index in [9.17, 15) is 0 Å². The van der Waals surface area contributed by atoms with E-state index in [2.05, 4.69) is 33.2 Å². The van der Waals surface area contributed by atoms with Crippen molar-refractivity contribution in [2.75, 3.05) is 18.5 Å². The van der Waals surface area contributed by atoms with Crippen LogP contribution < -0.4 is 5.32 Å². The van der Waals surface area contributed by atoms with Gasteiger partial charge in [0.1, 0.15) is 0 Å². The molecule has 1 aliphatic heterocycles. The van der Waals surface area contributed by atoms with Crippen LogP contribution in [0.5, 0.6) is 0 Å². The summed E-state index contributed by atoms with van der Waals surface area (Å²) in [6.07, 6.45) is 5.93. The van der Waals surface area contributed by atoms with Crippen LogP contribution in [-0.2, 0) is 4.74 Å². The lowest BCUT2D eigenvalue weighted by Gasteiger charge is -2.29. The maximum atomic E-state index is 5.38. The summed E-state index contributed by atoms with van der Waals surface area (Å²) in [5.74, 6) is 0.703. The zero-order chi connectivity index (χ0) is 11.4. The lowest BCUT2D eigenvalue weighted by molar-refractivity contribution is 0.0622. The number of hydrogen-bond acceptors (Lipinski definition) is 3. The SMILES string of the molecule is CC(Nc1ccncc1Br)C1CCOCC1. The molecule has 2 heterocycles. The second-order valence-electron chi connectivity index (χ2n) is 4.24. The fourth-order valence-corrected chi connectivity index (χ4v) is 2.44. The van der Waals surface area contributed by atoms with Crippen molar-refractivity contribution >= 4 is 21.6 Å². The smallest absolute Gasteiger partial charge is 0.0590 e. The third kappa shape index (κ3) is 2.95. The Balaban J connectivity index is 1.96. The largest absolute Gasteiger partial charge is 0.381 e. The van der Waals surface area contributed by atoms with Gasteiger partial charge in [0.2, 0.25) is 0 Å². The first-order chi connectivity index (χ1) is 7.77. The first kappa shape index (κ1) is 11.9. The molecule has 0 aromatic carbocycles. The molecular weight excluding hydrogens is 268 g/mol. The minimum atomic E-state index is 0.475. The molecule has 3 nitrogen and oxygen atoms in total. The molecule has 1 atom stereocenters. The third-order valence-electron chi connectivity index (χ3n) is 3.13. The minimum absolute atomic E-state index is 0.475. The predicted octanol–water partition coefficient (Wildman–Crippen LogP) is 3.07. The minimum Gasteiger partial charge on any atom is -0.381 e. The summed E-state index contributed by atoms with van der Waals surface area (Å²) in [5.41, 5.74) is 1.12. The molecule has 1 N–H and O–H groups in total. The molecule has 1 unspecified atom stereocenters. The molecule has 1 saturated heterocycles. The van der Waals surface area contributed by atoms with E-state index in [-0.39, 0.29) is 0 Å². The number of hydrogen-bond donors (Lipinski definition) is 1. The van der Waals surface area contributed by atoms with Crippen LogP contribution in [0.2, 0.25) is 0 Å². The average Bonchev–Trinajstić information content (AvgIpc) is 2.33. The Morgan fingerprint density at radius 3 is 2.94 bits per heavy atom. The number of aromatic nitrogens is 1. The van der Waals surface area contributed by atoms with Gasteiger partial charge in [-0.25, -0.2) is 0 Å². The third-order valence-corrected chi connectivity index (χ3v) is 3.76. The fraction of sp³-hybridized carbons (Fsp3) is 0.583. The maximum Gasteiger partial charge on any atom is 0.0590 e. The van der Waals surface area contributed by atoms with Gasteiger partial charge in [-0.2, -0.15) is 0 Å². The number of nitrogens with zero attached hydrogens (tertiary/aromatic N) is 1. The van der Waals surface area contributed by atoms with E-state index in [1.165, 1.54) is 0 Å². The Labute approximate surface area is 105 Å². The highest BCUT2D eigenvalue weighted by molar-refractivity contribution is 9.10. The second-order valence-corrected chi connectivity index (χ2v) is 5.09. The molecule has 88 valence electrons. The lowest BCUT2D eigenvalue weighted by atomic mass is 9.93. The number of nitrogens with one attached hydrogen (secondary N) is 1. The lowest BCUT2D eigenvalue weighted by Crippen LogP contribution is -2.31. The van der Waals surface area contributed by atoms with Gasteiger partial charge in [0.05, 0.1) is 10.2 Å². The maximum absolute atomic E-state index is 5.38. The van der Waals surface area contributed by atoms with Crippen LogP contribution in [0.4, 0.5) is 5.69 Å². The number of halogens is 1. The number of pyridine rings is 1. The number of anilines is 1. The zero-order valence-corrected chi connectivity index (χ0v) is 11.0. The van der Waals surface area contributed by atoms with Gasteiger partial charge < -0.3 is 10.1 Å². The average molecular weight is 285 g/mol. The van der Waals surface area contributed by atoms with Gasteiger partial charge in [0.15, 0.2) is 0 Å². The monoisotopic (exact) mass is 284 g/mol. The van der Waals surface area contributed by atoms with E-state index < -0.39 is 0 Å². The first-order valence-corrected chi connectivity index (χ1v) is 6.50. The molecular formula is C12H17BrN2O. The molecule has 1 aromatic heterocycles. The van der Waals surface area contributed by atoms with E-state index in [4.69, 9.17) is 4.74 Å². The summed E-state index contributed by atoms with van der Waals surface area (Å²) in [6.45, 7) is 4.03. The normalized spacial score (nSPS) is 19.4. The molecule has 16 heavy (non-hydrogen) atoms. The van der Waals surface area contributed by atoms with Crippen molar-refractivity contribution in [2.45, 2.75) is 25.8 Å². The standard InChI is InChI=1S/C12H17BrN2O/c1-9(10-3-6-16-7-4-10)15-12-2-5-14-8-11(12)13/h2,5,8-10H,3-4,6-7H2,1H3,(H,14,15). The molecule has 1 aliphatic rings. The van der Waals surface area contributed by atoms with Crippen LogP contribution in [0, 0.1) is 5.92 Å². The molecule has 1 fully saturated rings. The highest BCUT2D eigenvalue weighted by atomic mass is 79.9. The molecule has 0 aliphatic carbocycles. The molecule has 2 rings (SSSR count). The summed E-state index contributed by atoms with van der Waals surface area (Å²) < 4.78 is 6.40. The van der Waals surface area contributed by atoms with Crippen molar-refractivity contribution in [3.8, 4) is 0 Å². The number of rotatable bonds is 3. The van der Waals surface area contributed by atoms with Gasteiger partial charge in [-0.05, 0) is 47.7 Å². The van der Waals surface area contributed by atoms with Crippen LogP contribution in [0.1, 0.15) is 19.8 Å². The molecule has 0 bridgehead atoms. The van der Waals surface area contributed by atoms with Crippen LogP contribution >= 0.6 is 15.9 Å².